The molecule has 0 bridgehead atoms. The van der Waals surface area contributed by atoms with Gasteiger partial charge < -0.3 is 9.73 Å². The third kappa shape index (κ3) is 3.60. The summed E-state index contributed by atoms with van der Waals surface area (Å²) in [5.74, 6) is 1.68. The van der Waals surface area contributed by atoms with Gasteiger partial charge in [0.2, 0.25) is 5.91 Å². The predicted octanol–water partition coefficient (Wildman–Crippen LogP) is 8.06. The highest BCUT2D eigenvalue weighted by Gasteiger charge is 2.59. The largest absolute Gasteiger partial charge is 0.469 e. The zero-order valence-corrected chi connectivity index (χ0v) is 21.6. The van der Waals surface area contributed by atoms with Crippen molar-refractivity contribution < 1.29 is 9.21 Å². The molecule has 1 N–H and O–H groups in total. The molecule has 2 fully saturated rings. The lowest BCUT2D eigenvalue weighted by atomic mass is 9.54. The molecule has 3 aromatic rings. The number of nitrogens with one attached hydrogen (secondary N) is 1. The predicted molar refractivity (Wildman–Crippen MR) is 139 cm³/mol. The van der Waals surface area contributed by atoms with E-state index in [-0.39, 0.29) is 35.1 Å². The molecule has 1 aliphatic carbocycles. The van der Waals surface area contributed by atoms with Crippen LogP contribution in [0.15, 0.2) is 53.1 Å². The first-order chi connectivity index (χ1) is 16.3. The fourth-order valence-corrected chi connectivity index (χ4v) is 7.33. The number of carbonyl (C=O) groups is 1. The van der Waals surface area contributed by atoms with Crippen molar-refractivity contribution in [2.75, 3.05) is 0 Å². The Morgan fingerprint density at radius 3 is 2.47 bits per heavy atom. The molecule has 5 atom stereocenters. The molecule has 2 aromatic carbocycles. The molecule has 0 spiro atoms. The van der Waals surface area contributed by atoms with E-state index in [1.807, 2.05) is 19.1 Å². The van der Waals surface area contributed by atoms with Crippen LogP contribution in [0.5, 0.6) is 0 Å². The molecule has 0 unspecified atom stereocenters. The Kier molecular flexibility index (Phi) is 6.06. The molecular formula is C29H31Cl2NO2. The van der Waals surface area contributed by atoms with E-state index in [2.05, 4.69) is 56.4 Å². The summed E-state index contributed by atoms with van der Waals surface area (Å²) in [6.45, 7) is 8.35. The van der Waals surface area contributed by atoms with E-state index >= 15 is 0 Å². The Labute approximate surface area is 211 Å². The average molecular weight is 496 g/mol. The molecule has 178 valence electrons. The van der Waals surface area contributed by atoms with Gasteiger partial charge in [-0.25, -0.2) is 0 Å². The molecule has 5 rings (SSSR count). The van der Waals surface area contributed by atoms with Gasteiger partial charge in [-0.1, -0.05) is 54.4 Å². The molecule has 1 aliphatic heterocycles. The molecule has 1 amide bonds. The first-order valence-electron chi connectivity index (χ1n) is 12.2. The first kappa shape index (κ1) is 23.5. The highest BCUT2D eigenvalue weighted by atomic mass is 35.5. The number of halogens is 2. The van der Waals surface area contributed by atoms with Crippen molar-refractivity contribution >= 4 is 29.1 Å². The maximum atomic E-state index is 13.2. The number of rotatable bonds is 4. The van der Waals surface area contributed by atoms with E-state index in [4.69, 9.17) is 27.6 Å². The standard InChI is InChI=1S/C29H31Cl2NO2/c1-5-29-13-12-23(22-11-8-20(14-24(22)31)25-16(2)15-34-18(25)4)26(19-6-9-21(30)10-7-19)27(29)17(3)32-28(29)33/h6-11,14-15,17,23,26-27H,5,12-13H2,1-4H3,(H,32,33)/t17-,23+,26+,27+,29-/m1/s1. The molecule has 1 aromatic heterocycles. The highest BCUT2D eigenvalue weighted by molar-refractivity contribution is 6.31. The second kappa shape index (κ2) is 8.77. The van der Waals surface area contributed by atoms with E-state index in [0.29, 0.717) is 0 Å². The van der Waals surface area contributed by atoms with Gasteiger partial charge in [0, 0.05) is 27.6 Å². The van der Waals surface area contributed by atoms with Crippen LogP contribution in [0.2, 0.25) is 10.0 Å². The van der Waals surface area contributed by atoms with Crippen molar-refractivity contribution in [3.05, 3.63) is 81.2 Å². The van der Waals surface area contributed by atoms with E-state index in [1.54, 1.807) is 6.26 Å². The lowest BCUT2D eigenvalue weighted by Gasteiger charge is -2.47. The molecule has 2 aliphatic rings. The van der Waals surface area contributed by atoms with Crippen LogP contribution < -0.4 is 5.32 Å². The number of furan rings is 1. The topological polar surface area (TPSA) is 42.2 Å². The fraction of sp³-hybridized carbons (Fsp3) is 0.414. The Morgan fingerprint density at radius 2 is 1.85 bits per heavy atom. The monoisotopic (exact) mass is 495 g/mol. The fourth-order valence-electron chi connectivity index (χ4n) is 6.88. The summed E-state index contributed by atoms with van der Waals surface area (Å²) >= 11 is 13.2. The molecule has 1 saturated carbocycles. The third-order valence-corrected chi connectivity index (χ3v) is 9.02. The van der Waals surface area contributed by atoms with Crippen molar-refractivity contribution in [1.82, 2.24) is 5.32 Å². The Balaban J connectivity index is 1.62. The van der Waals surface area contributed by atoms with Gasteiger partial charge >= 0.3 is 0 Å². The normalized spacial score (nSPS) is 28.6. The number of carbonyl (C=O) groups excluding carboxylic acids is 1. The quantitative estimate of drug-likeness (QED) is 0.397. The summed E-state index contributed by atoms with van der Waals surface area (Å²) in [6, 6.07) is 14.7. The smallest absolute Gasteiger partial charge is 0.226 e. The number of hydrogen-bond acceptors (Lipinski definition) is 2. The van der Waals surface area contributed by atoms with Crippen molar-refractivity contribution in [2.24, 2.45) is 11.3 Å². The van der Waals surface area contributed by atoms with Gasteiger partial charge in [0.25, 0.3) is 0 Å². The van der Waals surface area contributed by atoms with Gasteiger partial charge in [0.15, 0.2) is 0 Å². The van der Waals surface area contributed by atoms with Crippen LogP contribution in [-0.4, -0.2) is 11.9 Å². The number of hydrogen-bond donors (Lipinski definition) is 1. The average Bonchev–Trinajstić information content (AvgIpc) is 3.29. The van der Waals surface area contributed by atoms with E-state index in [1.165, 1.54) is 5.56 Å². The van der Waals surface area contributed by atoms with Crippen LogP contribution in [-0.2, 0) is 4.79 Å². The SMILES string of the molecule is CC[C@@]12CC[C@@H](c3ccc(-c4c(C)coc4C)cc3Cl)[C@H](c3ccc(Cl)cc3)[C@@H]1[C@@H](C)NC2=O. The summed E-state index contributed by atoms with van der Waals surface area (Å²) in [7, 11) is 0. The number of aryl methyl sites for hydroxylation is 2. The summed E-state index contributed by atoms with van der Waals surface area (Å²) in [6.07, 6.45) is 4.42. The summed E-state index contributed by atoms with van der Waals surface area (Å²) < 4.78 is 5.62. The van der Waals surface area contributed by atoms with Crippen LogP contribution in [0, 0.1) is 25.2 Å². The van der Waals surface area contributed by atoms with Gasteiger partial charge in [0.05, 0.1) is 11.7 Å². The zero-order chi connectivity index (χ0) is 24.2. The van der Waals surface area contributed by atoms with E-state index < -0.39 is 0 Å². The minimum Gasteiger partial charge on any atom is -0.469 e. The summed E-state index contributed by atoms with van der Waals surface area (Å²) in [5, 5.41) is 4.78. The molecular weight excluding hydrogens is 465 g/mol. The highest BCUT2D eigenvalue weighted by Crippen LogP contribution is 2.60. The second-order valence-corrected chi connectivity index (χ2v) is 10.9. The van der Waals surface area contributed by atoms with Crippen LogP contribution in [0.4, 0.5) is 0 Å². The van der Waals surface area contributed by atoms with Crippen LogP contribution in [0.3, 0.4) is 0 Å². The first-order valence-corrected chi connectivity index (χ1v) is 12.9. The van der Waals surface area contributed by atoms with Crippen molar-refractivity contribution in [3.63, 3.8) is 0 Å². The maximum absolute atomic E-state index is 13.2. The maximum Gasteiger partial charge on any atom is 0.226 e. The van der Waals surface area contributed by atoms with E-state index in [9.17, 15) is 4.79 Å². The Hall–Kier alpha value is -2.23. The second-order valence-electron chi connectivity index (χ2n) is 10.1. The minimum absolute atomic E-state index is 0.102. The van der Waals surface area contributed by atoms with Gasteiger partial charge in [-0.3, -0.25) is 4.79 Å². The van der Waals surface area contributed by atoms with E-state index in [0.717, 1.165) is 57.3 Å². The Morgan fingerprint density at radius 1 is 1.12 bits per heavy atom. The third-order valence-electron chi connectivity index (χ3n) is 8.44. The van der Waals surface area contributed by atoms with Crippen LogP contribution in [0.1, 0.15) is 67.4 Å². The van der Waals surface area contributed by atoms with Gasteiger partial charge in [-0.2, -0.15) is 0 Å². The van der Waals surface area contributed by atoms with Crippen molar-refractivity contribution in [2.45, 2.75) is 64.8 Å². The number of benzene rings is 2. The molecule has 34 heavy (non-hydrogen) atoms. The molecule has 1 saturated heterocycles. The molecule has 0 radical (unpaired) electrons. The zero-order valence-electron chi connectivity index (χ0n) is 20.1. The Bertz CT molecular complexity index is 1210. The van der Waals surface area contributed by atoms with Gasteiger partial charge in [-0.15, -0.1) is 0 Å². The van der Waals surface area contributed by atoms with Crippen molar-refractivity contribution in [1.29, 1.82) is 0 Å². The van der Waals surface area contributed by atoms with Crippen LogP contribution in [0.25, 0.3) is 11.1 Å². The van der Waals surface area contributed by atoms with Gasteiger partial charge in [-0.05, 0) is 92.3 Å². The molecule has 5 heteroatoms. The number of fused-ring (bicyclic) bond motifs is 1. The summed E-state index contributed by atoms with van der Waals surface area (Å²) in [4.78, 5) is 13.2. The van der Waals surface area contributed by atoms with Crippen molar-refractivity contribution in [3.8, 4) is 11.1 Å². The molecule has 3 nitrogen and oxygen atoms in total. The molecule has 2 heterocycles. The lowest BCUT2D eigenvalue weighted by molar-refractivity contribution is -0.131. The van der Waals surface area contributed by atoms with Gasteiger partial charge in [0.1, 0.15) is 5.76 Å². The van der Waals surface area contributed by atoms with Crippen LogP contribution >= 0.6 is 23.2 Å². The number of amides is 1. The summed E-state index contributed by atoms with van der Waals surface area (Å²) in [5.41, 5.74) is 5.33. The lowest BCUT2D eigenvalue weighted by Crippen LogP contribution is -2.43. The minimum atomic E-state index is -0.336.